The van der Waals surface area contributed by atoms with Crippen LogP contribution in [0.1, 0.15) is 45.7 Å². The Morgan fingerprint density at radius 1 is 1.26 bits per heavy atom. The van der Waals surface area contributed by atoms with Crippen molar-refractivity contribution in [2.45, 2.75) is 75.6 Å². The van der Waals surface area contributed by atoms with E-state index < -0.39 is 49.3 Å². The van der Waals surface area contributed by atoms with Crippen LogP contribution in [0.4, 0.5) is 5.82 Å². The van der Waals surface area contributed by atoms with Crippen molar-refractivity contribution >= 4 is 25.1 Å². The van der Waals surface area contributed by atoms with Crippen molar-refractivity contribution in [3.63, 3.8) is 0 Å². The third kappa shape index (κ3) is 5.60. The van der Waals surface area contributed by atoms with Gasteiger partial charge in [-0.25, -0.2) is 14.1 Å². The lowest BCUT2D eigenvalue weighted by molar-refractivity contribution is -0.146. The Balaban J connectivity index is 1.39. The Morgan fingerprint density at radius 3 is 2.65 bits per heavy atom. The number of rotatable bonds is 12. The fraction of sp³-hybridized carbons (Fsp3) is 0.500. The van der Waals surface area contributed by atoms with Crippen molar-refractivity contribution in [2.24, 2.45) is 5.92 Å². The van der Waals surface area contributed by atoms with E-state index in [1.54, 1.807) is 36.4 Å². The van der Waals surface area contributed by atoms with Crippen molar-refractivity contribution in [1.82, 2.24) is 19.7 Å². The zero-order valence-corrected chi connectivity index (χ0v) is 24.9. The molecular formula is C28H35N6O8P. The number of benzene rings is 1. The lowest BCUT2D eigenvalue weighted by Gasteiger charge is -2.25. The molecule has 2 aliphatic rings. The predicted molar refractivity (Wildman–Crippen MR) is 152 cm³/mol. The van der Waals surface area contributed by atoms with Crippen LogP contribution in [0.3, 0.4) is 0 Å². The van der Waals surface area contributed by atoms with E-state index in [9.17, 15) is 24.8 Å². The van der Waals surface area contributed by atoms with Gasteiger partial charge >= 0.3 is 13.7 Å². The minimum absolute atomic E-state index is 0.0353. The lowest BCUT2D eigenvalue weighted by Crippen LogP contribution is -2.41. The largest absolute Gasteiger partial charge is 0.464 e. The summed E-state index contributed by atoms with van der Waals surface area (Å²) in [7, 11) is -4.34. The fourth-order valence-corrected chi connectivity index (χ4v) is 7.00. The molecule has 14 nitrogen and oxygen atoms in total. The lowest BCUT2D eigenvalue weighted by atomic mass is 9.92. The first-order chi connectivity index (χ1) is 20.5. The van der Waals surface area contributed by atoms with E-state index in [1.165, 1.54) is 23.8 Å². The smallest absolute Gasteiger partial charge is 0.459 e. The Hall–Kier alpha value is -3.57. The number of ether oxygens (including phenoxy) is 2. The maximum absolute atomic E-state index is 14.1. The molecule has 2 unspecified atom stereocenters. The molecule has 230 valence electrons. The zero-order valence-electron chi connectivity index (χ0n) is 24.0. The van der Waals surface area contributed by atoms with E-state index >= 15 is 0 Å². The highest BCUT2D eigenvalue weighted by Crippen LogP contribution is 2.62. The fourth-order valence-electron chi connectivity index (χ4n) is 5.28. The molecule has 1 spiro atoms. The number of anilines is 1. The second kappa shape index (κ2) is 11.8. The van der Waals surface area contributed by atoms with Gasteiger partial charge in [-0.15, -0.1) is 0 Å². The summed E-state index contributed by atoms with van der Waals surface area (Å²) in [6.07, 6.45) is -1.61. The SMILES string of the molecule is CCC(CC)COC(=O)[C@H](C)N[P@](=O)(Oc1ccccc1)OC1CC12O[C@@](C#N)(c1ccc3c(N)ncnn13)[C@H](O)[C@@H]2O. The molecule has 3 aromatic rings. The molecular weight excluding hydrogens is 579 g/mol. The number of fused-ring (bicyclic) bond motifs is 1. The Morgan fingerprint density at radius 2 is 1.98 bits per heavy atom. The maximum Gasteiger partial charge on any atom is 0.459 e. The molecule has 5 N–H and O–H groups in total. The molecule has 43 heavy (non-hydrogen) atoms. The quantitative estimate of drug-likeness (QED) is 0.171. The Bertz CT molecular complexity index is 1560. The molecule has 15 heteroatoms. The topological polar surface area (TPSA) is 204 Å². The molecule has 0 bridgehead atoms. The third-order valence-electron chi connectivity index (χ3n) is 8.04. The predicted octanol–water partition coefficient (Wildman–Crippen LogP) is 2.45. The van der Waals surface area contributed by atoms with Crippen LogP contribution in [-0.2, 0) is 29.0 Å². The second-order valence-electron chi connectivity index (χ2n) is 10.8. The average molecular weight is 615 g/mol. The standard InChI is InChI=1S/C28H35N6O8P/c1-4-18(5-2)14-39-26(37)17(3)33-43(38,40-19-9-7-6-8-10-19)41-22-13-27(22)23(35)24(36)28(15-29,42-27)21-12-11-20-25(30)31-16-32-34(20)21/h6-12,16-18,22-24,35-36H,4-5,13-14H2,1-3H3,(H,33,38)(H2,30,31,32)/t17-,22?,23-,24+,27?,28-,43-/m0/s1. The average Bonchev–Trinajstić information content (AvgIpc) is 3.37. The van der Waals surface area contributed by atoms with Gasteiger partial charge in [0.2, 0.25) is 5.60 Å². The van der Waals surface area contributed by atoms with E-state index in [2.05, 4.69) is 15.2 Å². The molecule has 1 saturated heterocycles. The Kier molecular flexibility index (Phi) is 8.50. The summed E-state index contributed by atoms with van der Waals surface area (Å²) in [5, 5.41) is 39.4. The van der Waals surface area contributed by atoms with E-state index in [0.717, 1.165) is 12.8 Å². The zero-order chi connectivity index (χ0) is 31.0. The number of para-hydroxylation sites is 1. The van der Waals surface area contributed by atoms with Crippen molar-refractivity contribution in [3.8, 4) is 11.8 Å². The van der Waals surface area contributed by atoms with Gasteiger partial charge in [0.05, 0.1) is 12.3 Å². The second-order valence-corrected chi connectivity index (χ2v) is 12.5. The molecule has 1 aliphatic carbocycles. The van der Waals surface area contributed by atoms with Gasteiger partial charge in [-0.1, -0.05) is 44.9 Å². The van der Waals surface area contributed by atoms with Gasteiger partial charge in [-0.05, 0) is 37.1 Å². The van der Waals surface area contributed by atoms with Crippen LogP contribution >= 0.6 is 7.75 Å². The number of nitrogens with zero attached hydrogens (tertiary/aromatic N) is 4. The maximum atomic E-state index is 14.1. The van der Waals surface area contributed by atoms with Gasteiger partial charge in [-0.3, -0.25) is 9.32 Å². The van der Waals surface area contributed by atoms with E-state index in [-0.39, 0.29) is 36.2 Å². The highest BCUT2D eigenvalue weighted by molar-refractivity contribution is 7.52. The first-order valence-corrected chi connectivity index (χ1v) is 15.6. The van der Waals surface area contributed by atoms with Crippen LogP contribution in [0.2, 0.25) is 0 Å². The highest BCUT2D eigenvalue weighted by Gasteiger charge is 2.76. The first kappa shape index (κ1) is 30.9. The number of carbonyl (C=O) groups excluding carboxylic acids is 1. The molecule has 7 atom stereocenters. The number of nitrogens with one attached hydrogen (secondary N) is 1. The van der Waals surface area contributed by atoms with Crippen LogP contribution in [0.5, 0.6) is 5.75 Å². The third-order valence-corrected chi connectivity index (χ3v) is 9.73. The highest BCUT2D eigenvalue weighted by atomic mass is 31.2. The molecule has 2 fully saturated rings. The van der Waals surface area contributed by atoms with Crippen LogP contribution in [-0.4, -0.2) is 67.3 Å². The summed E-state index contributed by atoms with van der Waals surface area (Å²) in [6, 6.07) is 12.2. The number of aliphatic hydroxyl groups is 2. The van der Waals surface area contributed by atoms with Crippen molar-refractivity contribution in [1.29, 1.82) is 5.26 Å². The van der Waals surface area contributed by atoms with Gasteiger partial charge in [-0.2, -0.15) is 15.4 Å². The number of aliphatic hydroxyl groups excluding tert-OH is 2. The first-order valence-electron chi connectivity index (χ1n) is 14.1. The summed E-state index contributed by atoms with van der Waals surface area (Å²) in [6.45, 7) is 5.70. The minimum Gasteiger partial charge on any atom is -0.464 e. The van der Waals surface area contributed by atoms with Crippen molar-refractivity contribution in [3.05, 3.63) is 54.5 Å². The van der Waals surface area contributed by atoms with Gasteiger partial charge in [0.25, 0.3) is 0 Å². The number of nitrogen functional groups attached to an aromatic ring is 1. The van der Waals surface area contributed by atoms with E-state index in [1.807, 2.05) is 19.9 Å². The number of nitriles is 1. The molecule has 1 aromatic carbocycles. The van der Waals surface area contributed by atoms with Gasteiger partial charge in [0.1, 0.15) is 53.6 Å². The number of nitrogens with two attached hydrogens (primary N) is 1. The molecule has 2 aromatic heterocycles. The molecule has 1 aliphatic heterocycles. The van der Waals surface area contributed by atoms with E-state index in [4.69, 9.17) is 24.3 Å². The molecule has 5 rings (SSSR count). The number of esters is 1. The van der Waals surface area contributed by atoms with Crippen molar-refractivity contribution in [2.75, 3.05) is 12.3 Å². The van der Waals surface area contributed by atoms with Crippen LogP contribution in [0.25, 0.3) is 5.52 Å². The number of carbonyl (C=O) groups is 1. The summed E-state index contributed by atoms with van der Waals surface area (Å²) in [5.41, 5.74) is 2.73. The number of hydrogen-bond acceptors (Lipinski definition) is 12. The summed E-state index contributed by atoms with van der Waals surface area (Å²) >= 11 is 0. The Labute approximate surface area is 248 Å². The molecule has 1 saturated carbocycles. The summed E-state index contributed by atoms with van der Waals surface area (Å²) in [4.78, 5) is 16.7. The summed E-state index contributed by atoms with van der Waals surface area (Å²) in [5.74, 6) is -0.112. The van der Waals surface area contributed by atoms with Crippen LogP contribution in [0.15, 0.2) is 48.8 Å². The summed E-state index contributed by atoms with van der Waals surface area (Å²) < 4.78 is 38.7. The van der Waals surface area contributed by atoms with Crippen molar-refractivity contribution < 1.29 is 38.1 Å². The van der Waals surface area contributed by atoms with Gasteiger partial charge in [0, 0.05) is 6.42 Å². The van der Waals surface area contributed by atoms with Gasteiger partial charge in [0.15, 0.2) is 5.82 Å². The molecule has 3 heterocycles. The molecule has 0 amide bonds. The monoisotopic (exact) mass is 614 g/mol. The van der Waals surface area contributed by atoms with E-state index in [0.29, 0.717) is 5.52 Å². The van der Waals surface area contributed by atoms with Crippen LogP contribution < -0.4 is 15.3 Å². The number of hydrogen-bond donors (Lipinski definition) is 4. The number of aromatic nitrogens is 3. The van der Waals surface area contributed by atoms with Crippen LogP contribution in [0, 0.1) is 17.2 Å². The normalized spacial score (nSPS) is 28.4. The van der Waals surface area contributed by atoms with Gasteiger partial charge < -0.3 is 29.9 Å². The minimum atomic E-state index is -4.34. The molecule has 0 radical (unpaired) electrons.